The van der Waals surface area contributed by atoms with Crippen LogP contribution < -0.4 is 10.1 Å². The van der Waals surface area contributed by atoms with Gasteiger partial charge in [0, 0.05) is 5.92 Å². The summed E-state index contributed by atoms with van der Waals surface area (Å²) in [6, 6.07) is 7.00. The number of ether oxygens (including phenoxy) is 1. The topological polar surface area (TPSA) is 58.6 Å². The molecule has 0 aliphatic heterocycles. The summed E-state index contributed by atoms with van der Waals surface area (Å²) in [7, 11) is 1.61. The molecule has 0 bridgehead atoms. The monoisotopic (exact) mass is 305 g/mol. The van der Waals surface area contributed by atoms with Crippen LogP contribution in [0.1, 0.15) is 57.1 Å². The quantitative estimate of drug-likeness (QED) is 0.821. The molecule has 1 aromatic rings. The minimum atomic E-state index is -0.708. The van der Waals surface area contributed by atoms with Gasteiger partial charge >= 0.3 is 0 Å². The predicted molar refractivity (Wildman–Crippen MR) is 86.8 cm³/mol. The maximum atomic E-state index is 12.4. The minimum absolute atomic E-state index is 0.0851. The van der Waals surface area contributed by atoms with Crippen molar-refractivity contribution < 1.29 is 14.6 Å². The second-order valence-electron chi connectivity index (χ2n) is 6.20. The Morgan fingerprint density at radius 2 is 1.77 bits per heavy atom. The van der Waals surface area contributed by atoms with Gasteiger partial charge in [0.05, 0.1) is 19.3 Å². The lowest BCUT2D eigenvalue weighted by Gasteiger charge is -2.23. The molecular weight excluding hydrogens is 278 g/mol. The summed E-state index contributed by atoms with van der Waals surface area (Å²) in [6.07, 6.45) is 5.96. The first-order valence-corrected chi connectivity index (χ1v) is 8.24. The fraction of sp³-hybridized carbons (Fsp3) is 0.611. The van der Waals surface area contributed by atoms with Gasteiger partial charge in [-0.3, -0.25) is 4.79 Å². The highest BCUT2D eigenvalue weighted by Gasteiger charge is 2.24. The van der Waals surface area contributed by atoms with Crippen molar-refractivity contribution in [3.8, 4) is 5.75 Å². The van der Waals surface area contributed by atoms with E-state index in [1.165, 1.54) is 12.8 Å². The second kappa shape index (κ2) is 8.18. The molecule has 0 radical (unpaired) electrons. The van der Waals surface area contributed by atoms with Gasteiger partial charge in [-0.1, -0.05) is 37.8 Å². The van der Waals surface area contributed by atoms with Crippen molar-refractivity contribution in [3.05, 3.63) is 29.8 Å². The molecule has 122 valence electrons. The number of rotatable bonds is 5. The number of nitrogens with one attached hydrogen (secondary N) is 1. The minimum Gasteiger partial charge on any atom is -0.497 e. The van der Waals surface area contributed by atoms with Crippen LogP contribution in [0.3, 0.4) is 0 Å². The molecule has 4 heteroatoms. The molecule has 2 atom stereocenters. The van der Waals surface area contributed by atoms with Crippen LogP contribution in [-0.2, 0) is 4.79 Å². The van der Waals surface area contributed by atoms with Crippen LogP contribution in [0.25, 0.3) is 0 Å². The number of amides is 1. The lowest BCUT2D eigenvalue weighted by Crippen LogP contribution is -2.40. The standard InChI is InChI=1S/C18H27NO3/c1-13(17(20)14-9-11-16(22-2)12-10-14)19-18(21)15-7-5-3-4-6-8-15/h9-13,15,17,20H,3-8H2,1-2H3,(H,19,21). The molecule has 22 heavy (non-hydrogen) atoms. The number of carbonyl (C=O) groups excluding carboxylic acids is 1. The molecule has 1 aliphatic rings. The molecule has 0 heterocycles. The van der Waals surface area contributed by atoms with Gasteiger partial charge in [-0.15, -0.1) is 0 Å². The van der Waals surface area contributed by atoms with Gasteiger partial charge in [0.2, 0.25) is 5.91 Å². The van der Waals surface area contributed by atoms with Gasteiger partial charge in [-0.05, 0) is 37.5 Å². The Bertz CT molecular complexity index is 464. The smallest absolute Gasteiger partial charge is 0.223 e. The Morgan fingerprint density at radius 1 is 1.18 bits per heavy atom. The van der Waals surface area contributed by atoms with E-state index in [4.69, 9.17) is 4.74 Å². The first kappa shape index (κ1) is 16.8. The lowest BCUT2D eigenvalue weighted by molar-refractivity contribution is -0.126. The Morgan fingerprint density at radius 3 is 2.32 bits per heavy atom. The van der Waals surface area contributed by atoms with Gasteiger partial charge in [-0.2, -0.15) is 0 Å². The summed E-state index contributed by atoms with van der Waals surface area (Å²) in [5.41, 5.74) is 0.787. The maximum absolute atomic E-state index is 12.4. The number of aliphatic hydroxyl groups excluding tert-OH is 1. The average Bonchev–Trinajstić information content (AvgIpc) is 2.83. The molecule has 0 aromatic heterocycles. The van der Waals surface area contributed by atoms with E-state index < -0.39 is 6.10 Å². The maximum Gasteiger partial charge on any atom is 0.223 e. The van der Waals surface area contributed by atoms with Gasteiger partial charge in [0.25, 0.3) is 0 Å². The number of methoxy groups -OCH3 is 1. The molecule has 1 aromatic carbocycles. The Kier molecular flexibility index (Phi) is 6.25. The summed E-state index contributed by atoms with van der Waals surface area (Å²) in [5, 5.41) is 13.4. The van der Waals surface area contributed by atoms with Crippen molar-refractivity contribution in [3.63, 3.8) is 0 Å². The number of hydrogen-bond acceptors (Lipinski definition) is 3. The van der Waals surface area contributed by atoms with Gasteiger partial charge in [-0.25, -0.2) is 0 Å². The van der Waals surface area contributed by atoms with E-state index >= 15 is 0 Å². The molecule has 1 fully saturated rings. The van der Waals surface area contributed by atoms with E-state index in [1.54, 1.807) is 7.11 Å². The van der Waals surface area contributed by atoms with Crippen molar-refractivity contribution in [2.45, 2.75) is 57.6 Å². The van der Waals surface area contributed by atoms with Gasteiger partial charge < -0.3 is 15.2 Å². The van der Waals surface area contributed by atoms with Crippen LogP contribution in [0.5, 0.6) is 5.75 Å². The lowest BCUT2D eigenvalue weighted by atomic mass is 9.97. The zero-order valence-corrected chi connectivity index (χ0v) is 13.5. The Balaban J connectivity index is 1.91. The summed E-state index contributed by atoms with van der Waals surface area (Å²) < 4.78 is 5.11. The van der Waals surface area contributed by atoms with Crippen LogP contribution in [0.15, 0.2) is 24.3 Å². The van der Waals surface area contributed by atoms with E-state index in [2.05, 4.69) is 5.32 Å². The van der Waals surface area contributed by atoms with E-state index in [-0.39, 0.29) is 17.9 Å². The average molecular weight is 305 g/mol. The fourth-order valence-corrected chi connectivity index (χ4v) is 3.05. The van der Waals surface area contributed by atoms with Crippen LogP contribution in [0.2, 0.25) is 0 Å². The molecule has 2 rings (SSSR count). The van der Waals surface area contributed by atoms with Crippen molar-refractivity contribution in [2.75, 3.05) is 7.11 Å². The second-order valence-corrected chi connectivity index (χ2v) is 6.20. The third kappa shape index (κ3) is 4.47. The van der Waals surface area contributed by atoms with Crippen molar-refractivity contribution >= 4 is 5.91 Å². The molecule has 1 saturated carbocycles. The number of benzene rings is 1. The molecule has 4 nitrogen and oxygen atoms in total. The van der Waals surface area contributed by atoms with Crippen molar-refractivity contribution in [1.82, 2.24) is 5.32 Å². The molecule has 1 aliphatic carbocycles. The molecule has 2 N–H and O–H groups in total. The van der Waals surface area contributed by atoms with E-state index in [0.717, 1.165) is 37.0 Å². The Labute approximate surface area is 132 Å². The van der Waals surface area contributed by atoms with Gasteiger partial charge in [0.1, 0.15) is 5.75 Å². The number of hydrogen-bond donors (Lipinski definition) is 2. The SMILES string of the molecule is COc1ccc(C(O)C(C)NC(=O)C2CCCCCC2)cc1. The molecule has 2 unspecified atom stereocenters. The fourth-order valence-electron chi connectivity index (χ4n) is 3.05. The first-order chi connectivity index (χ1) is 10.6. The highest BCUT2D eigenvalue weighted by atomic mass is 16.5. The van der Waals surface area contributed by atoms with Crippen LogP contribution >= 0.6 is 0 Å². The third-order valence-electron chi connectivity index (χ3n) is 4.53. The normalized spacial score (nSPS) is 19.0. The first-order valence-electron chi connectivity index (χ1n) is 8.24. The third-order valence-corrected chi connectivity index (χ3v) is 4.53. The van der Waals surface area contributed by atoms with Crippen LogP contribution in [-0.4, -0.2) is 24.2 Å². The van der Waals surface area contributed by atoms with Crippen LogP contribution in [0.4, 0.5) is 0 Å². The number of aliphatic hydroxyl groups is 1. The largest absolute Gasteiger partial charge is 0.497 e. The summed E-state index contributed by atoms with van der Waals surface area (Å²) in [6.45, 7) is 1.85. The zero-order chi connectivity index (χ0) is 15.9. The molecule has 1 amide bonds. The zero-order valence-electron chi connectivity index (χ0n) is 13.5. The van der Waals surface area contributed by atoms with Crippen LogP contribution in [0, 0.1) is 5.92 Å². The molecular formula is C18H27NO3. The molecule has 0 spiro atoms. The highest BCUT2D eigenvalue weighted by molar-refractivity contribution is 5.79. The highest BCUT2D eigenvalue weighted by Crippen LogP contribution is 2.24. The number of carbonyl (C=O) groups is 1. The van der Waals surface area contributed by atoms with E-state index in [0.29, 0.717) is 0 Å². The van der Waals surface area contributed by atoms with E-state index in [1.807, 2.05) is 31.2 Å². The summed E-state index contributed by atoms with van der Waals surface area (Å²) in [5.74, 6) is 0.945. The van der Waals surface area contributed by atoms with Gasteiger partial charge in [0.15, 0.2) is 0 Å². The Hall–Kier alpha value is -1.55. The summed E-state index contributed by atoms with van der Waals surface area (Å²) in [4.78, 5) is 12.4. The van der Waals surface area contributed by atoms with Crippen molar-refractivity contribution in [1.29, 1.82) is 0 Å². The predicted octanol–water partition coefficient (Wildman–Crippen LogP) is 3.20. The molecule has 0 saturated heterocycles. The summed E-state index contributed by atoms with van der Waals surface area (Å²) >= 11 is 0. The van der Waals surface area contributed by atoms with E-state index in [9.17, 15) is 9.90 Å². The van der Waals surface area contributed by atoms with Crippen molar-refractivity contribution in [2.24, 2.45) is 5.92 Å².